The molecular weight excluding hydrogens is 417 g/mol. The Morgan fingerprint density at radius 1 is 1.14 bits per heavy atom. The molecule has 0 saturated carbocycles. The summed E-state index contributed by atoms with van der Waals surface area (Å²) in [6, 6.07) is 13.0. The molecule has 0 fully saturated rings. The molecule has 0 aliphatic heterocycles. The minimum Gasteiger partial charge on any atom is -0.478 e. The molecule has 0 atom stereocenters. The van der Waals surface area contributed by atoms with E-state index in [9.17, 15) is 13.2 Å². The van der Waals surface area contributed by atoms with Gasteiger partial charge < -0.3 is 5.11 Å². The standard InChI is InChI=1S/C15H12INO4S/c16-12-2-1-3-13(10-12)17-22(20,21)14-7-4-11(5-8-14)6-9-15(18)19/h1-10,17H,(H,18,19)/b9-6+. The van der Waals surface area contributed by atoms with Crippen LogP contribution in [0.2, 0.25) is 0 Å². The molecule has 0 aliphatic rings. The number of benzene rings is 2. The van der Waals surface area contributed by atoms with Crippen LogP contribution in [0, 0.1) is 3.57 Å². The highest BCUT2D eigenvalue weighted by molar-refractivity contribution is 14.1. The topological polar surface area (TPSA) is 83.5 Å². The Labute approximate surface area is 141 Å². The molecular formula is C15H12INO4S. The number of nitrogens with one attached hydrogen (secondary N) is 1. The maximum absolute atomic E-state index is 12.3. The highest BCUT2D eigenvalue weighted by Gasteiger charge is 2.13. The predicted octanol–water partition coefficient (Wildman–Crippen LogP) is 3.19. The largest absolute Gasteiger partial charge is 0.478 e. The van der Waals surface area contributed by atoms with Gasteiger partial charge in [-0.15, -0.1) is 0 Å². The first-order valence-electron chi connectivity index (χ1n) is 6.16. The van der Waals surface area contributed by atoms with Gasteiger partial charge in [-0.1, -0.05) is 18.2 Å². The summed E-state index contributed by atoms with van der Waals surface area (Å²) in [4.78, 5) is 10.5. The summed E-state index contributed by atoms with van der Waals surface area (Å²) in [5.74, 6) is -1.06. The molecule has 2 N–H and O–H groups in total. The van der Waals surface area contributed by atoms with Gasteiger partial charge in [0, 0.05) is 15.3 Å². The smallest absolute Gasteiger partial charge is 0.328 e. The number of carboxylic acid groups (broad SMARTS) is 1. The van der Waals surface area contributed by atoms with Gasteiger partial charge in [0.1, 0.15) is 0 Å². The molecule has 0 heterocycles. The number of hydrogen-bond donors (Lipinski definition) is 2. The highest BCUT2D eigenvalue weighted by Crippen LogP contribution is 2.18. The molecule has 2 aromatic carbocycles. The second-order valence-electron chi connectivity index (χ2n) is 4.36. The molecule has 0 unspecified atom stereocenters. The number of sulfonamides is 1. The normalized spacial score (nSPS) is 11.5. The molecule has 22 heavy (non-hydrogen) atoms. The van der Waals surface area contributed by atoms with Crippen molar-refractivity contribution in [2.75, 3.05) is 4.72 Å². The van der Waals surface area contributed by atoms with Gasteiger partial charge in [-0.25, -0.2) is 13.2 Å². The second-order valence-corrected chi connectivity index (χ2v) is 7.28. The average Bonchev–Trinajstić information content (AvgIpc) is 2.45. The minimum absolute atomic E-state index is 0.110. The van der Waals surface area contributed by atoms with Crippen molar-refractivity contribution in [3.63, 3.8) is 0 Å². The van der Waals surface area contributed by atoms with Crippen LogP contribution in [0.1, 0.15) is 5.56 Å². The van der Waals surface area contributed by atoms with E-state index in [4.69, 9.17) is 5.11 Å². The summed E-state index contributed by atoms with van der Waals surface area (Å²) in [6.45, 7) is 0. The Bertz CT molecular complexity index is 814. The molecule has 0 aliphatic carbocycles. The van der Waals surface area contributed by atoms with Crippen LogP contribution in [0.3, 0.4) is 0 Å². The first-order valence-corrected chi connectivity index (χ1v) is 8.72. The van der Waals surface area contributed by atoms with E-state index in [-0.39, 0.29) is 4.90 Å². The number of hydrogen-bond acceptors (Lipinski definition) is 3. The van der Waals surface area contributed by atoms with Gasteiger partial charge in [-0.2, -0.15) is 0 Å². The molecule has 2 aromatic rings. The summed E-state index contributed by atoms with van der Waals surface area (Å²) in [6.07, 6.45) is 2.39. The molecule has 7 heteroatoms. The van der Waals surface area contributed by atoms with Crippen LogP contribution < -0.4 is 4.72 Å². The van der Waals surface area contributed by atoms with Gasteiger partial charge >= 0.3 is 5.97 Å². The zero-order valence-electron chi connectivity index (χ0n) is 11.2. The van der Waals surface area contributed by atoms with Crippen molar-refractivity contribution in [2.45, 2.75) is 4.90 Å². The molecule has 0 amide bonds. The van der Waals surface area contributed by atoms with Crippen LogP contribution in [0.4, 0.5) is 5.69 Å². The van der Waals surface area contributed by atoms with E-state index in [2.05, 4.69) is 27.3 Å². The first-order chi connectivity index (χ1) is 10.4. The van der Waals surface area contributed by atoms with Gasteiger partial charge in [0.05, 0.1) is 4.90 Å². The SMILES string of the molecule is O=C(O)/C=C/c1ccc(S(=O)(=O)Nc2cccc(I)c2)cc1. The minimum atomic E-state index is -3.67. The Kier molecular flexibility index (Phi) is 5.19. The van der Waals surface area contributed by atoms with Crippen molar-refractivity contribution in [1.82, 2.24) is 0 Å². The third kappa shape index (κ3) is 4.57. The number of carbonyl (C=O) groups is 1. The van der Waals surface area contributed by atoms with E-state index in [1.54, 1.807) is 30.3 Å². The number of rotatable bonds is 5. The monoisotopic (exact) mass is 429 g/mol. The second kappa shape index (κ2) is 6.93. The van der Waals surface area contributed by atoms with Gasteiger partial charge in [0.2, 0.25) is 0 Å². The van der Waals surface area contributed by atoms with Crippen LogP contribution in [0.15, 0.2) is 59.5 Å². The average molecular weight is 429 g/mol. The van der Waals surface area contributed by atoms with Gasteiger partial charge in [-0.05, 0) is 64.6 Å². The molecule has 0 spiro atoms. The zero-order valence-corrected chi connectivity index (χ0v) is 14.2. The summed E-state index contributed by atoms with van der Waals surface area (Å²) in [7, 11) is -3.67. The summed E-state index contributed by atoms with van der Waals surface area (Å²) < 4.78 is 28.0. The van der Waals surface area contributed by atoms with Crippen molar-refractivity contribution in [1.29, 1.82) is 0 Å². The van der Waals surface area contributed by atoms with Gasteiger partial charge in [0.25, 0.3) is 10.0 Å². The first kappa shape index (κ1) is 16.5. The number of carboxylic acids is 1. The van der Waals surface area contributed by atoms with E-state index >= 15 is 0 Å². The summed E-state index contributed by atoms with van der Waals surface area (Å²) >= 11 is 2.10. The van der Waals surface area contributed by atoms with Gasteiger partial charge in [-0.3, -0.25) is 4.72 Å². The number of halogens is 1. The molecule has 0 bridgehead atoms. The fraction of sp³-hybridized carbons (Fsp3) is 0. The lowest BCUT2D eigenvalue weighted by Gasteiger charge is -2.08. The maximum Gasteiger partial charge on any atom is 0.328 e. The van der Waals surface area contributed by atoms with E-state index in [0.717, 1.165) is 9.65 Å². The Balaban J connectivity index is 2.21. The molecule has 0 aromatic heterocycles. The summed E-state index contributed by atoms with van der Waals surface area (Å²) in [5, 5.41) is 8.55. The van der Waals surface area contributed by atoms with Crippen molar-refractivity contribution < 1.29 is 18.3 Å². The Hall–Kier alpha value is -1.87. The van der Waals surface area contributed by atoms with Gasteiger partial charge in [0.15, 0.2) is 0 Å². The van der Waals surface area contributed by atoms with Crippen molar-refractivity contribution in [2.24, 2.45) is 0 Å². The zero-order chi connectivity index (χ0) is 16.2. The molecule has 0 saturated heterocycles. The Morgan fingerprint density at radius 3 is 2.41 bits per heavy atom. The lowest BCUT2D eigenvalue weighted by atomic mass is 10.2. The molecule has 0 radical (unpaired) electrons. The maximum atomic E-state index is 12.3. The Morgan fingerprint density at radius 2 is 1.82 bits per heavy atom. The lowest BCUT2D eigenvalue weighted by molar-refractivity contribution is -0.131. The highest BCUT2D eigenvalue weighted by atomic mass is 127. The van der Waals surface area contributed by atoms with Crippen molar-refractivity contribution >= 4 is 50.3 Å². The lowest BCUT2D eigenvalue weighted by Crippen LogP contribution is -2.12. The molecule has 114 valence electrons. The van der Waals surface area contributed by atoms with Crippen molar-refractivity contribution in [3.05, 3.63) is 63.7 Å². The van der Waals surface area contributed by atoms with Crippen molar-refractivity contribution in [3.8, 4) is 0 Å². The third-order valence-corrected chi connectivity index (χ3v) is 4.75. The van der Waals surface area contributed by atoms with Crippen LogP contribution in [-0.4, -0.2) is 19.5 Å². The fourth-order valence-electron chi connectivity index (χ4n) is 1.69. The quantitative estimate of drug-likeness (QED) is 0.565. The van der Waals surface area contributed by atoms with Crippen LogP contribution in [-0.2, 0) is 14.8 Å². The summed E-state index contributed by atoms with van der Waals surface area (Å²) in [5.41, 5.74) is 1.09. The van der Waals surface area contributed by atoms with E-state index in [0.29, 0.717) is 11.3 Å². The van der Waals surface area contributed by atoms with Crippen LogP contribution in [0.25, 0.3) is 6.08 Å². The van der Waals surface area contributed by atoms with E-state index in [1.165, 1.54) is 18.2 Å². The number of aliphatic carboxylic acids is 1. The molecule has 2 rings (SSSR count). The predicted molar refractivity (Wildman–Crippen MR) is 93.1 cm³/mol. The van der Waals surface area contributed by atoms with Crippen LogP contribution >= 0.6 is 22.6 Å². The third-order valence-electron chi connectivity index (χ3n) is 2.69. The van der Waals surface area contributed by atoms with E-state index in [1.807, 2.05) is 6.07 Å². The van der Waals surface area contributed by atoms with E-state index < -0.39 is 16.0 Å². The van der Waals surface area contributed by atoms with Crippen LogP contribution in [0.5, 0.6) is 0 Å². The fourth-order valence-corrected chi connectivity index (χ4v) is 3.28. The molecule has 5 nitrogen and oxygen atoms in total. The number of anilines is 1.